The summed E-state index contributed by atoms with van der Waals surface area (Å²) >= 11 is 6.02. The number of para-hydroxylation sites is 1. The summed E-state index contributed by atoms with van der Waals surface area (Å²) in [6.45, 7) is 0.328. The summed E-state index contributed by atoms with van der Waals surface area (Å²) < 4.78 is 0. The molecule has 0 atom stereocenters. The Morgan fingerprint density at radius 1 is 1.60 bits per heavy atom. The lowest BCUT2D eigenvalue weighted by atomic mass is 10.2. The third kappa shape index (κ3) is 1.74. The first-order valence-electron chi connectivity index (χ1n) is 4.42. The van der Waals surface area contributed by atoms with E-state index in [1.807, 2.05) is 6.07 Å². The van der Waals surface area contributed by atoms with E-state index in [-0.39, 0.29) is 19.0 Å². The molecule has 0 bridgehead atoms. The lowest BCUT2D eigenvalue weighted by Gasteiger charge is -2.29. The number of nitrogens with one attached hydrogen (secondary N) is 1. The van der Waals surface area contributed by atoms with Gasteiger partial charge < -0.3 is 10.2 Å². The molecule has 1 aliphatic rings. The topological polar surface area (TPSA) is 56.1 Å². The summed E-state index contributed by atoms with van der Waals surface area (Å²) in [4.78, 5) is 13.0. The van der Waals surface area contributed by atoms with E-state index in [4.69, 9.17) is 16.9 Å². The number of anilines is 2. The highest BCUT2D eigenvalue weighted by atomic mass is 35.5. The van der Waals surface area contributed by atoms with Crippen LogP contribution in [0.3, 0.4) is 0 Å². The van der Waals surface area contributed by atoms with Gasteiger partial charge in [-0.1, -0.05) is 17.7 Å². The van der Waals surface area contributed by atoms with Gasteiger partial charge in [0.1, 0.15) is 6.54 Å². The molecule has 1 aliphatic heterocycles. The van der Waals surface area contributed by atoms with E-state index < -0.39 is 0 Å². The van der Waals surface area contributed by atoms with E-state index in [2.05, 4.69) is 5.32 Å². The standard InChI is InChI=1S/C10H8ClN3O/c11-7-2-1-3-8-10(7)14(5-4-12)6-9(15)13-8/h1-3H,5-6H2,(H,13,15). The van der Waals surface area contributed by atoms with Gasteiger partial charge in [0, 0.05) is 0 Å². The lowest BCUT2D eigenvalue weighted by molar-refractivity contribution is -0.115. The molecule has 1 N–H and O–H groups in total. The number of carbonyl (C=O) groups excluding carboxylic acids is 1. The summed E-state index contributed by atoms with van der Waals surface area (Å²) in [5.74, 6) is -0.125. The summed E-state index contributed by atoms with van der Waals surface area (Å²) in [5, 5.41) is 11.9. The second kappa shape index (κ2) is 3.79. The first-order chi connectivity index (χ1) is 7.22. The first kappa shape index (κ1) is 9.81. The summed E-state index contributed by atoms with van der Waals surface area (Å²) in [7, 11) is 0. The van der Waals surface area contributed by atoms with Crippen LogP contribution in [0.4, 0.5) is 11.4 Å². The van der Waals surface area contributed by atoms with Gasteiger partial charge in [-0.2, -0.15) is 5.26 Å². The Kier molecular flexibility index (Phi) is 2.48. The second-order valence-corrected chi connectivity index (χ2v) is 3.61. The molecule has 4 nitrogen and oxygen atoms in total. The van der Waals surface area contributed by atoms with Crippen LogP contribution in [0.2, 0.25) is 5.02 Å². The number of hydrogen-bond donors (Lipinski definition) is 1. The molecule has 0 aliphatic carbocycles. The average molecular weight is 222 g/mol. The molecule has 2 rings (SSSR count). The van der Waals surface area contributed by atoms with Gasteiger partial charge in [-0.25, -0.2) is 0 Å². The molecule has 1 amide bonds. The number of carbonyl (C=O) groups is 1. The van der Waals surface area contributed by atoms with Crippen molar-refractivity contribution in [3.05, 3.63) is 23.2 Å². The molecular formula is C10H8ClN3O. The van der Waals surface area contributed by atoms with Crippen molar-refractivity contribution in [1.29, 1.82) is 5.26 Å². The van der Waals surface area contributed by atoms with Gasteiger partial charge >= 0.3 is 0 Å². The molecule has 0 saturated heterocycles. The van der Waals surface area contributed by atoms with Crippen molar-refractivity contribution in [3.63, 3.8) is 0 Å². The van der Waals surface area contributed by atoms with Gasteiger partial charge in [0.25, 0.3) is 0 Å². The van der Waals surface area contributed by atoms with Crippen molar-refractivity contribution in [2.75, 3.05) is 23.3 Å². The maximum Gasteiger partial charge on any atom is 0.243 e. The molecule has 0 aromatic heterocycles. The molecule has 0 spiro atoms. The predicted molar refractivity (Wildman–Crippen MR) is 57.9 cm³/mol. The highest BCUT2D eigenvalue weighted by molar-refractivity contribution is 6.34. The van der Waals surface area contributed by atoms with Gasteiger partial charge in [0.15, 0.2) is 0 Å². The van der Waals surface area contributed by atoms with Crippen molar-refractivity contribution < 1.29 is 4.79 Å². The van der Waals surface area contributed by atoms with E-state index in [1.54, 1.807) is 23.1 Å². The smallest absolute Gasteiger partial charge is 0.243 e. The van der Waals surface area contributed by atoms with E-state index in [0.29, 0.717) is 10.7 Å². The number of nitrogens with zero attached hydrogens (tertiary/aromatic N) is 2. The Bertz CT molecular complexity index is 452. The largest absolute Gasteiger partial charge is 0.346 e. The summed E-state index contributed by atoms with van der Waals surface area (Å²) in [5.41, 5.74) is 1.38. The molecule has 1 aromatic rings. The molecule has 15 heavy (non-hydrogen) atoms. The molecule has 0 saturated carbocycles. The molecule has 76 valence electrons. The zero-order valence-electron chi connectivity index (χ0n) is 7.83. The average Bonchev–Trinajstić information content (AvgIpc) is 2.17. The molecule has 0 radical (unpaired) electrons. The van der Waals surface area contributed by atoms with E-state index in [0.717, 1.165) is 5.69 Å². The minimum atomic E-state index is -0.125. The van der Waals surface area contributed by atoms with Gasteiger partial charge in [-0.15, -0.1) is 0 Å². The lowest BCUT2D eigenvalue weighted by Crippen LogP contribution is -2.38. The number of hydrogen-bond acceptors (Lipinski definition) is 3. The van der Waals surface area contributed by atoms with E-state index in [1.165, 1.54) is 0 Å². The maximum atomic E-state index is 11.3. The molecule has 0 unspecified atom stereocenters. The Balaban J connectivity index is 2.48. The predicted octanol–water partition coefficient (Wildman–Crippen LogP) is 1.62. The van der Waals surface area contributed by atoms with Crippen LogP contribution >= 0.6 is 11.6 Å². The Morgan fingerprint density at radius 2 is 2.40 bits per heavy atom. The Hall–Kier alpha value is -1.73. The fraction of sp³-hybridized carbons (Fsp3) is 0.200. The SMILES string of the molecule is N#CCN1CC(=O)Nc2cccc(Cl)c21. The van der Waals surface area contributed by atoms with E-state index in [9.17, 15) is 4.79 Å². The van der Waals surface area contributed by atoms with Crippen LogP contribution in [-0.4, -0.2) is 19.0 Å². The van der Waals surface area contributed by atoms with Crippen LogP contribution in [0.25, 0.3) is 0 Å². The number of rotatable bonds is 1. The number of nitriles is 1. The van der Waals surface area contributed by atoms with Crippen LogP contribution < -0.4 is 10.2 Å². The minimum absolute atomic E-state index is 0.125. The van der Waals surface area contributed by atoms with E-state index >= 15 is 0 Å². The van der Waals surface area contributed by atoms with Crippen molar-refractivity contribution in [1.82, 2.24) is 0 Å². The normalized spacial score (nSPS) is 14.1. The van der Waals surface area contributed by atoms with Crippen LogP contribution in [-0.2, 0) is 4.79 Å². The fourth-order valence-electron chi connectivity index (χ4n) is 1.60. The zero-order valence-corrected chi connectivity index (χ0v) is 8.58. The highest BCUT2D eigenvalue weighted by Crippen LogP contribution is 2.35. The second-order valence-electron chi connectivity index (χ2n) is 3.20. The quantitative estimate of drug-likeness (QED) is 0.734. The van der Waals surface area contributed by atoms with Crippen molar-refractivity contribution in [2.45, 2.75) is 0 Å². The molecule has 0 fully saturated rings. The number of amides is 1. The molecule has 1 heterocycles. The van der Waals surface area contributed by atoms with Crippen molar-refractivity contribution in [2.24, 2.45) is 0 Å². The van der Waals surface area contributed by atoms with Crippen LogP contribution in [0.1, 0.15) is 0 Å². The monoisotopic (exact) mass is 221 g/mol. The highest BCUT2D eigenvalue weighted by Gasteiger charge is 2.23. The molecule has 1 aromatic carbocycles. The van der Waals surface area contributed by atoms with Crippen LogP contribution in [0.15, 0.2) is 18.2 Å². The van der Waals surface area contributed by atoms with Crippen LogP contribution in [0, 0.1) is 11.3 Å². The molecular weight excluding hydrogens is 214 g/mol. The van der Waals surface area contributed by atoms with Gasteiger partial charge in [-0.05, 0) is 12.1 Å². The summed E-state index contributed by atoms with van der Waals surface area (Å²) in [6, 6.07) is 7.28. The van der Waals surface area contributed by atoms with Crippen molar-refractivity contribution in [3.8, 4) is 6.07 Å². The number of fused-ring (bicyclic) bond motifs is 1. The summed E-state index contributed by atoms with van der Waals surface area (Å²) in [6.07, 6.45) is 0. The number of benzene rings is 1. The minimum Gasteiger partial charge on any atom is -0.346 e. The van der Waals surface area contributed by atoms with Gasteiger partial charge in [-0.3, -0.25) is 4.79 Å². The molecule has 5 heteroatoms. The Labute approximate surface area is 92.1 Å². The number of halogens is 1. The fourth-order valence-corrected chi connectivity index (χ4v) is 1.89. The third-order valence-electron chi connectivity index (χ3n) is 2.17. The van der Waals surface area contributed by atoms with Gasteiger partial charge in [0.2, 0.25) is 5.91 Å². The Morgan fingerprint density at radius 3 is 3.13 bits per heavy atom. The van der Waals surface area contributed by atoms with Gasteiger partial charge in [0.05, 0.1) is 29.0 Å². The maximum absolute atomic E-state index is 11.3. The van der Waals surface area contributed by atoms with Crippen molar-refractivity contribution >= 4 is 28.9 Å². The first-order valence-corrected chi connectivity index (χ1v) is 4.80. The third-order valence-corrected chi connectivity index (χ3v) is 2.48. The zero-order chi connectivity index (χ0) is 10.8. The van der Waals surface area contributed by atoms with Crippen LogP contribution in [0.5, 0.6) is 0 Å².